The zero-order valence-electron chi connectivity index (χ0n) is 14.9. The largest absolute Gasteiger partial charge is 0.345 e. The molecule has 0 spiro atoms. The Morgan fingerprint density at radius 2 is 1.78 bits per heavy atom. The zero-order chi connectivity index (χ0) is 20.4. The highest BCUT2D eigenvalue weighted by molar-refractivity contribution is 7.91. The first kappa shape index (κ1) is 21.2. The number of anilines is 1. The van der Waals surface area contributed by atoms with Crippen LogP contribution in [0.4, 0.5) is 18.9 Å². The predicted molar refractivity (Wildman–Crippen MR) is 91.4 cm³/mol. The van der Waals surface area contributed by atoms with Crippen LogP contribution in [0, 0.1) is 17.5 Å². The summed E-state index contributed by atoms with van der Waals surface area (Å²) in [6.45, 7) is 1.29. The van der Waals surface area contributed by atoms with Gasteiger partial charge in [-0.05, 0) is 25.5 Å². The average molecular weight is 408 g/mol. The Bertz CT molecular complexity index is 863. The fourth-order valence-corrected chi connectivity index (χ4v) is 5.01. The molecule has 0 radical (unpaired) electrons. The van der Waals surface area contributed by atoms with Gasteiger partial charge in [0.05, 0.1) is 29.8 Å². The Hall–Kier alpha value is -2.14. The van der Waals surface area contributed by atoms with Crippen molar-refractivity contribution < 1.29 is 36.1 Å². The predicted octanol–water partition coefficient (Wildman–Crippen LogP) is -0.749. The molecule has 1 aromatic carbocycles. The van der Waals surface area contributed by atoms with Gasteiger partial charge in [-0.3, -0.25) is 9.59 Å². The quantitative estimate of drug-likeness (QED) is 0.540. The van der Waals surface area contributed by atoms with Gasteiger partial charge in [0.2, 0.25) is 0 Å². The maximum atomic E-state index is 13.6. The summed E-state index contributed by atoms with van der Waals surface area (Å²) in [5.74, 6) is -5.82. The molecule has 0 saturated carbocycles. The van der Waals surface area contributed by atoms with Crippen LogP contribution in [0.5, 0.6) is 0 Å². The third-order valence-corrected chi connectivity index (χ3v) is 6.08. The molecule has 2 rings (SSSR count). The van der Waals surface area contributed by atoms with Crippen LogP contribution in [-0.2, 0) is 19.4 Å². The van der Waals surface area contributed by atoms with E-state index in [1.165, 1.54) is 7.05 Å². The molecule has 0 aliphatic carbocycles. The fourth-order valence-electron chi connectivity index (χ4n) is 2.92. The van der Waals surface area contributed by atoms with Crippen molar-refractivity contribution in [3.63, 3.8) is 0 Å². The summed E-state index contributed by atoms with van der Waals surface area (Å²) in [5, 5.41) is 4.79. The number of hydrogen-bond acceptors (Lipinski definition) is 4. The normalized spacial score (nSPS) is 22.3. The highest BCUT2D eigenvalue weighted by atomic mass is 32.2. The third kappa shape index (κ3) is 5.67. The number of quaternary nitrogens is 1. The van der Waals surface area contributed by atoms with Gasteiger partial charge >= 0.3 is 0 Å². The number of rotatable bonds is 6. The van der Waals surface area contributed by atoms with Gasteiger partial charge in [0.15, 0.2) is 40.4 Å². The molecule has 3 N–H and O–H groups in total. The van der Waals surface area contributed by atoms with E-state index in [9.17, 15) is 31.2 Å². The van der Waals surface area contributed by atoms with E-state index in [1.54, 1.807) is 6.92 Å². The molecule has 11 heteroatoms. The minimum atomic E-state index is -3.17. The molecule has 150 valence electrons. The lowest BCUT2D eigenvalue weighted by Crippen LogP contribution is -3.11. The van der Waals surface area contributed by atoms with E-state index in [2.05, 4.69) is 10.6 Å². The van der Waals surface area contributed by atoms with Crippen molar-refractivity contribution in [1.29, 1.82) is 0 Å². The van der Waals surface area contributed by atoms with Crippen LogP contribution in [0.25, 0.3) is 0 Å². The average Bonchev–Trinajstić information content (AvgIpc) is 2.80. The molecule has 1 saturated heterocycles. The topological polar surface area (TPSA) is 96.8 Å². The lowest BCUT2D eigenvalue weighted by Gasteiger charge is -2.24. The van der Waals surface area contributed by atoms with E-state index in [0.29, 0.717) is 17.4 Å². The highest BCUT2D eigenvalue weighted by Gasteiger charge is 2.39. The van der Waals surface area contributed by atoms with Gasteiger partial charge in [0.25, 0.3) is 11.8 Å². The van der Waals surface area contributed by atoms with Crippen LogP contribution in [-0.4, -0.2) is 57.4 Å². The first-order valence-electron chi connectivity index (χ1n) is 8.17. The van der Waals surface area contributed by atoms with Gasteiger partial charge in [-0.2, -0.15) is 0 Å². The molecular formula is C16H21F3N3O4S+. The number of likely N-dealkylation sites (N-methyl/N-ethyl adjacent to an activating group) is 1. The molecule has 1 unspecified atom stereocenters. The molecule has 1 fully saturated rings. The lowest BCUT2D eigenvalue weighted by molar-refractivity contribution is -0.862. The van der Waals surface area contributed by atoms with Crippen LogP contribution in [0.1, 0.15) is 13.3 Å². The zero-order valence-corrected chi connectivity index (χ0v) is 15.7. The Morgan fingerprint density at radius 1 is 1.15 bits per heavy atom. The second kappa shape index (κ2) is 7.85. The Kier molecular flexibility index (Phi) is 6.15. The van der Waals surface area contributed by atoms with Gasteiger partial charge in [0, 0.05) is 0 Å². The summed E-state index contributed by atoms with van der Waals surface area (Å²) < 4.78 is 62.7. The first-order valence-corrected chi connectivity index (χ1v) is 9.99. The van der Waals surface area contributed by atoms with Crippen molar-refractivity contribution in [2.24, 2.45) is 0 Å². The number of carbonyl (C=O) groups excluding carboxylic acids is 2. The first-order chi connectivity index (χ1) is 12.4. The third-order valence-electron chi connectivity index (χ3n) is 4.18. The van der Waals surface area contributed by atoms with Gasteiger partial charge in [-0.25, -0.2) is 21.6 Å². The second-order valence-electron chi connectivity index (χ2n) is 7.03. The molecule has 0 aromatic heterocycles. The van der Waals surface area contributed by atoms with Crippen LogP contribution in [0.3, 0.4) is 0 Å². The molecule has 1 aliphatic heterocycles. The van der Waals surface area contributed by atoms with Gasteiger partial charge in [-0.15, -0.1) is 0 Å². The van der Waals surface area contributed by atoms with E-state index in [0.717, 1.165) is 6.07 Å². The Morgan fingerprint density at radius 3 is 2.37 bits per heavy atom. The monoisotopic (exact) mass is 408 g/mol. The van der Waals surface area contributed by atoms with Gasteiger partial charge in [0.1, 0.15) is 0 Å². The van der Waals surface area contributed by atoms with Crippen molar-refractivity contribution >= 4 is 27.3 Å². The number of benzene rings is 1. The summed E-state index contributed by atoms with van der Waals surface area (Å²) in [6, 6.07) is 1.59. The molecular weight excluding hydrogens is 387 g/mol. The van der Waals surface area contributed by atoms with Crippen molar-refractivity contribution in [2.45, 2.75) is 18.9 Å². The minimum Gasteiger partial charge on any atom is -0.345 e. The van der Waals surface area contributed by atoms with Crippen molar-refractivity contribution in [3.05, 3.63) is 29.6 Å². The van der Waals surface area contributed by atoms with Crippen molar-refractivity contribution in [3.8, 4) is 0 Å². The summed E-state index contributed by atoms with van der Waals surface area (Å²) >= 11 is 0. The number of hydrogen-bond donors (Lipinski definition) is 3. The summed E-state index contributed by atoms with van der Waals surface area (Å²) in [5.41, 5.74) is -1.34. The van der Waals surface area contributed by atoms with Crippen LogP contribution < -0.4 is 15.5 Å². The highest BCUT2D eigenvalue weighted by Crippen LogP contribution is 2.22. The van der Waals surface area contributed by atoms with E-state index in [4.69, 9.17) is 0 Å². The summed E-state index contributed by atoms with van der Waals surface area (Å²) in [4.78, 5) is 24.5. The maximum Gasteiger partial charge on any atom is 0.279 e. The number of nitrogens with one attached hydrogen (secondary N) is 3. The maximum absolute atomic E-state index is 13.6. The van der Waals surface area contributed by atoms with Crippen LogP contribution in [0.2, 0.25) is 0 Å². The van der Waals surface area contributed by atoms with Crippen molar-refractivity contribution in [1.82, 2.24) is 5.32 Å². The number of sulfone groups is 1. The summed E-state index contributed by atoms with van der Waals surface area (Å²) in [7, 11) is -1.63. The fraction of sp³-hybridized carbons (Fsp3) is 0.500. The number of amides is 2. The Labute approximate surface area is 154 Å². The molecule has 2 atom stereocenters. The molecule has 1 heterocycles. The second-order valence-corrected chi connectivity index (χ2v) is 9.22. The van der Waals surface area contributed by atoms with E-state index < -0.39 is 50.3 Å². The molecule has 2 amide bonds. The molecule has 27 heavy (non-hydrogen) atoms. The molecule has 1 aromatic rings. The van der Waals surface area contributed by atoms with Crippen LogP contribution in [0.15, 0.2) is 12.1 Å². The van der Waals surface area contributed by atoms with E-state index in [-0.39, 0.29) is 24.6 Å². The molecule has 0 bridgehead atoms. The molecule has 7 nitrogen and oxygen atoms in total. The van der Waals surface area contributed by atoms with Gasteiger partial charge < -0.3 is 15.5 Å². The standard InChI is InChI=1S/C16H20F3N3O4S/c1-16(5-6-27(25,26)9-16)21-13(24)8-22(2)7-12(23)20-11-4-3-10(17)14(18)15(11)19/h3-4H,5-9H2,1-2H3,(H,20,23)(H,21,24)/p+1/t16-/m0/s1. The lowest BCUT2D eigenvalue weighted by atomic mass is 10.0. The van der Waals surface area contributed by atoms with Gasteiger partial charge in [-0.1, -0.05) is 0 Å². The summed E-state index contributed by atoms with van der Waals surface area (Å²) in [6.07, 6.45) is 0.315. The minimum absolute atomic E-state index is 0.00861. The van der Waals surface area contributed by atoms with Crippen molar-refractivity contribution in [2.75, 3.05) is 37.0 Å². The SMILES string of the molecule is C[NH+](CC(=O)Nc1ccc(F)c(F)c1F)CC(=O)N[C@@]1(C)CCS(=O)(=O)C1. The number of carbonyl (C=O) groups is 2. The van der Waals surface area contributed by atoms with E-state index >= 15 is 0 Å². The Balaban J connectivity index is 1.86. The van der Waals surface area contributed by atoms with Crippen LogP contribution >= 0.6 is 0 Å². The van der Waals surface area contributed by atoms with E-state index in [1.807, 2.05) is 0 Å². The smallest absolute Gasteiger partial charge is 0.279 e. The number of halogens is 3. The molecule has 1 aliphatic rings.